The number of likely N-dealkylation sites (tertiary alicyclic amines) is 1. The first-order valence-electron chi connectivity index (χ1n) is 8.43. The number of benzene rings is 1. The number of aromatic nitrogens is 3. The van der Waals surface area contributed by atoms with Crippen molar-refractivity contribution in [3.63, 3.8) is 0 Å². The summed E-state index contributed by atoms with van der Waals surface area (Å²) in [6, 6.07) is 5.77. The van der Waals surface area contributed by atoms with Crippen molar-refractivity contribution in [2.24, 2.45) is 0 Å². The van der Waals surface area contributed by atoms with E-state index >= 15 is 0 Å². The Labute approximate surface area is 147 Å². The first kappa shape index (κ1) is 17.3. The smallest absolute Gasteiger partial charge is 0.244 e. The van der Waals surface area contributed by atoms with Crippen LogP contribution in [0, 0.1) is 13.8 Å². The molecule has 7 heteroatoms. The van der Waals surface area contributed by atoms with Gasteiger partial charge in [0.1, 0.15) is 29.7 Å². The van der Waals surface area contributed by atoms with Gasteiger partial charge in [-0.1, -0.05) is 0 Å². The van der Waals surface area contributed by atoms with Crippen molar-refractivity contribution >= 4 is 5.91 Å². The van der Waals surface area contributed by atoms with Crippen molar-refractivity contribution in [3.8, 4) is 11.5 Å². The lowest BCUT2D eigenvalue weighted by atomic mass is 10.0. The molecular formula is C18H24N4O3. The number of amides is 1. The minimum absolute atomic E-state index is 0.0123. The van der Waals surface area contributed by atoms with Crippen LogP contribution in [-0.2, 0) is 11.3 Å². The third kappa shape index (κ3) is 3.45. The molecule has 0 aliphatic carbocycles. The van der Waals surface area contributed by atoms with E-state index in [1.165, 1.54) is 0 Å². The van der Waals surface area contributed by atoms with Crippen molar-refractivity contribution in [2.75, 3.05) is 20.8 Å². The lowest BCUT2D eigenvalue weighted by Gasteiger charge is -2.26. The fourth-order valence-electron chi connectivity index (χ4n) is 3.41. The maximum Gasteiger partial charge on any atom is 0.244 e. The molecule has 0 saturated carbocycles. The Bertz CT molecular complexity index is 772. The SMILES string of the molecule is COc1ccc(C2CCCN2C(=O)Cn2nc(C)nc2C)c(OC)c1. The van der Waals surface area contributed by atoms with E-state index in [2.05, 4.69) is 10.1 Å². The molecular weight excluding hydrogens is 320 g/mol. The third-order valence-corrected chi connectivity index (χ3v) is 4.62. The molecule has 0 N–H and O–H groups in total. The highest BCUT2D eigenvalue weighted by Gasteiger charge is 2.32. The Morgan fingerprint density at radius 3 is 2.72 bits per heavy atom. The van der Waals surface area contributed by atoms with Crippen LogP contribution >= 0.6 is 0 Å². The van der Waals surface area contributed by atoms with Crippen LogP contribution in [0.5, 0.6) is 11.5 Å². The van der Waals surface area contributed by atoms with E-state index < -0.39 is 0 Å². The fourth-order valence-corrected chi connectivity index (χ4v) is 3.41. The number of rotatable bonds is 5. The molecule has 1 aliphatic rings. The van der Waals surface area contributed by atoms with Gasteiger partial charge in [-0.3, -0.25) is 4.79 Å². The first-order chi connectivity index (χ1) is 12.0. The first-order valence-corrected chi connectivity index (χ1v) is 8.43. The van der Waals surface area contributed by atoms with E-state index in [1.54, 1.807) is 18.9 Å². The van der Waals surface area contributed by atoms with Gasteiger partial charge in [-0.25, -0.2) is 9.67 Å². The Morgan fingerprint density at radius 2 is 2.08 bits per heavy atom. The summed E-state index contributed by atoms with van der Waals surface area (Å²) in [7, 11) is 3.27. The van der Waals surface area contributed by atoms with Crippen LogP contribution in [0.4, 0.5) is 0 Å². The Kier molecular flexibility index (Phi) is 4.92. The van der Waals surface area contributed by atoms with Crippen molar-refractivity contribution in [2.45, 2.75) is 39.3 Å². The molecule has 2 aromatic rings. The van der Waals surface area contributed by atoms with Gasteiger partial charge in [0.05, 0.1) is 20.3 Å². The minimum Gasteiger partial charge on any atom is -0.497 e. The van der Waals surface area contributed by atoms with Gasteiger partial charge in [-0.2, -0.15) is 5.10 Å². The van der Waals surface area contributed by atoms with Gasteiger partial charge < -0.3 is 14.4 Å². The molecule has 0 spiro atoms. The average molecular weight is 344 g/mol. The molecule has 0 bridgehead atoms. The van der Waals surface area contributed by atoms with Crippen molar-refractivity contribution < 1.29 is 14.3 Å². The standard InChI is InChI=1S/C18H24N4O3/c1-12-19-13(2)22(20-12)11-18(23)21-9-5-6-16(21)15-8-7-14(24-3)10-17(15)25-4/h7-8,10,16H,5-6,9,11H2,1-4H3. The zero-order valence-electron chi connectivity index (χ0n) is 15.2. The molecule has 1 unspecified atom stereocenters. The number of hydrogen-bond donors (Lipinski definition) is 0. The molecule has 1 fully saturated rings. The van der Waals surface area contributed by atoms with Crippen LogP contribution in [0.1, 0.15) is 36.1 Å². The summed E-state index contributed by atoms with van der Waals surface area (Å²) in [4.78, 5) is 19.0. The highest BCUT2D eigenvalue weighted by molar-refractivity contribution is 5.77. The van der Waals surface area contributed by atoms with E-state index in [1.807, 2.05) is 36.9 Å². The molecule has 7 nitrogen and oxygen atoms in total. The van der Waals surface area contributed by atoms with Crippen LogP contribution in [0.2, 0.25) is 0 Å². The van der Waals surface area contributed by atoms with E-state index in [0.717, 1.165) is 42.3 Å². The van der Waals surface area contributed by atoms with E-state index in [4.69, 9.17) is 9.47 Å². The number of ether oxygens (including phenoxy) is 2. The van der Waals surface area contributed by atoms with Crippen molar-refractivity contribution in [1.29, 1.82) is 0 Å². The molecule has 3 rings (SSSR count). The molecule has 1 aromatic carbocycles. The summed E-state index contributed by atoms with van der Waals surface area (Å²) in [6.45, 7) is 4.64. The summed E-state index contributed by atoms with van der Waals surface area (Å²) < 4.78 is 12.5. The van der Waals surface area contributed by atoms with Gasteiger partial charge in [0.25, 0.3) is 0 Å². The number of carbonyl (C=O) groups excluding carboxylic acids is 1. The molecule has 25 heavy (non-hydrogen) atoms. The van der Waals surface area contributed by atoms with Gasteiger partial charge in [-0.05, 0) is 38.8 Å². The summed E-state index contributed by atoms with van der Waals surface area (Å²) >= 11 is 0. The minimum atomic E-state index is 0.0123. The van der Waals surface area contributed by atoms with Crippen molar-refractivity contribution in [1.82, 2.24) is 19.7 Å². The predicted molar refractivity (Wildman–Crippen MR) is 92.7 cm³/mol. The molecule has 1 amide bonds. The molecule has 1 saturated heterocycles. The van der Waals surface area contributed by atoms with Crippen molar-refractivity contribution in [3.05, 3.63) is 35.4 Å². The predicted octanol–water partition coefficient (Wildman–Crippen LogP) is 2.28. The topological polar surface area (TPSA) is 69.5 Å². The maximum absolute atomic E-state index is 12.9. The van der Waals surface area contributed by atoms with E-state index in [0.29, 0.717) is 5.82 Å². The maximum atomic E-state index is 12.9. The molecule has 0 radical (unpaired) electrons. The fraction of sp³-hybridized carbons (Fsp3) is 0.500. The van der Waals surface area contributed by atoms with Gasteiger partial charge >= 0.3 is 0 Å². The third-order valence-electron chi connectivity index (χ3n) is 4.62. The second-order valence-electron chi connectivity index (χ2n) is 6.22. The Morgan fingerprint density at radius 1 is 1.28 bits per heavy atom. The summed E-state index contributed by atoms with van der Waals surface area (Å²) in [6.07, 6.45) is 1.89. The molecule has 1 aliphatic heterocycles. The number of nitrogens with zero attached hydrogens (tertiary/aromatic N) is 4. The Hall–Kier alpha value is -2.57. The quantitative estimate of drug-likeness (QED) is 0.832. The summed E-state index contributed by atoms with van der Waals surface area (Å²) in [5, 5.41) is 4.29. The monoisotopic (exact) mass is 344 g/mol. The van der Waals surface area contributed by atoms with E-state index in [-0.39, 0.29) is 18.5 Å². The second-order valence-corrected chi connectivity index (χ2v) is 6.22. The van der Waals surface area contributed by atoms with Gasteiger partial charge in [0, 0.05) is 18.2 Å². The van der Waals surface area contributed by atoms with Crippen LogP contribution in [0.25, 0.3) is 0 Å². The van der Waals surface area contributed by atoms with Gasteiger partial charge in [0.2, 0.25) is 5.91 Å². The van der Waals surface area contributed by atoms with Crippen LogP contribution in [0.15, 0.2) is 18.2 Å². The van der Waals surface area contributed by atoms with Gasteiger partial charge in [-0.15, -0.1) is 0 Å². The summed E-state index contributed by atoms with van der Waals surface area (Å²) in [5.41, 5.74) is 1.01. The number of hydrogen-bond acceptors (Lipinski definition) is 5. The molecule has 2 heterocycles. The molecule has 1 atom stereocenters. The summed E-state index contributed by atoms with van der Waals surface area (Å²) in [5.74, 6) is 2.97. The van der Waals surface area contributed by atoms with Crippen LogP contribution in [-0.4, -0.2) is 46.3 Å². The highest BCUT2D eigenvalue weighted by atomic mass is 16.5. The zero-order valence-corrected chi connectivity index (χ0v) is 15.2. The number of methoxy groups -OCH3 is 2. The number of carbonyl (C=O) groups is 1. The Balaban J connectivity index is 1.83. The lowest BCUT2D eigenvalue weighted by molar-refractivity contribution is -0.133. The molecule has 1 aromatic heterocycles. The van der Waals surface area contributed by atoms with E-state index in [9.17, 15) is 4.79 Å². The lowest BCUT2D eigenvalue weighted by Crippen LogP contribution is -2.34. The highest BCUT2D eigenvalue weighted by Crippen LogP contribution is 2.38. The second kappa shape index (κ2) is 7.13. The van der Waals surface area contributed by atoms with Crippen LogP contribution in [0.3, 0.4) is 0 Å². The number of aryl methyl sites for hydroxylation is 2. The largest absolute Gasteiger partial charge is 0.497 e. The molecule has 134 valence electrons. The average Bonchev–Trinajstić information content (AvgIpc) is 3.20. The normalized spacial score (nSPS) is 17.0. The van der Waals surface area contributed by atoms with Gasteiger partial charge in [0.15, 0.2) is 0 Å². The van der Waals surface area contributed by atoms with Crippen LogP contribution < -0.4 is 9.47 Å². The zero-order chi connectivity index (χ0) is 18.0.